The van der Waals surface area contributed by atoms with Crippen LogP contribution < -0.4 is 11.5 Å². The Labute approximate surface area is 92.2 Å². The normalized spacial score (nSPS) is 16.6. The van der Waals surface area contributed by atoms with Crippen LogP contribution >= 0.6 is 0 Å². The van der Waals surface area contributed by atoms with E-state index in [0.717, 1.165) is 12.1 Å². The van der Waals surface area contributed by atoms with Crippen molar-refractivity contribution < 1.29 is 26.3 Å². The molecule has 1 aromatic rings. The molecule has 0 fully saturated rings. The molecule has 1 rings (SSSR count). The summed E-state index contributed by atoms with van der Waals surface area (Å²) in [6.07, 6.45) is -6.11. The van der Waals surface area contributed by atoms with Crippen LogP contribution in [0.15, 0.2) is 24.3 Å². The summed E-state index contributed by atoms with van der Waals surface area (Å²) in [5.74, 6) is -10.2. The van der Waals surface area contributed by atoms with Gasteiger partial charge in [0.1, 0.15) is 0 Å². The zero-order valence-electron chi connectivity index (χ0n) is 8.23. The Morgan fingerprint density at radius 2 is 1.35 bits per heavy atom. The Bertz CT molecular complexity index is 412. The van der Waals surface area contributed by atoms with E-state index in [1.807, 2.05) is 0 Å². The summed E-state index contributed by atoms with van der Waals surface area (Å²) in [4.78, 5) is 0. The van der Waals surface area contributed by atoms with Crippen molar-refractivity contribution in [3.05, 3.63) is 29.8 Å². The minimum Gasteiger partial charge on any atom is -0.398 e. The molecule has 0 amide bonds. The van der Waals surface area contributed by atoms with E-state index in [4.69, 9.17) is 5.73 Å². The van der Waals surface area contributed by atoms with Gasteiger partial charge in [0.15, 0.2) is 0 Å². The fraction of sp³-hybridized carbons (Fsp3) is 0.333. The summed E-state index contributed by atoms with van der Waals surface area (Å²) in [5.41, 5.74) is 7.92. The third kappa shape index (κ3) is 2.04. The molecule has 0 aliphatic carbocycles. The van der Waals surface area contributed by atoms with Gasteiger partial charge in [-0.1, -0.05) is 18.2 Å². The molecule has 1 atom stereocenters. The lowest BCUT2D eigenvalue weighted by molar-refractivity contribution is -0.330. The second-order valence-electron chi connectivity index (χ2n) is 3.37. The van der Waals surface area contributed by atoms with E-state index in [-0.39, 0.29) is 0 Å². The van der Waals surface area contributed by atoms with E-state index in [2.05, 4.69) is 5.73 Å². The Kier molecular flexibility index (Phi) is 3.04. The van der Waals surface area contributed by atoms with Crippen molar-refractivity contribution in [3.63, 3.8) is 0 Å². The average Bonchev–Trinajstić information content (AvgIpc) is 2.16. The fourth-order valence-corrected chi connectivity index (χ4v) is 1.20. The smallest absolute Gasteiger partial charge is 0.398 e. The molecule has 0 bridgehead atoms. The first-order valence-electron chi connectivity index (χ1n) is 4.29. The van der Waals surface area contributed by atoms with E-state index in [1.54, 1.807) is 0 Å². The van der Waals surface area contributed by atoms with Gasteiger partial charge in [0, 0.05) is 11.3 Å². The molecule has 2 nitrogen and oxygen atoms in total. The van der Waals surface area contributed by atoms with Gasteiger partial charge < -0.3 is 5.73 Å². The standard InChI is InChI=1S/C9H8F6N2/c10-7(17,8(11,12)9(13,14)15)5-3-1-2-4-6(5)16/h1-4H,16-17H2. The highest BCUT2D eigenvalue weighted by Gasteiger charge is 2.71. The van der Waals surface area contributed by atoms with Crippen LogP contribution in [-0.2, 0) is 5.79 Å². The van der Waals surface area contributed by atoms with E-state index < -0.39 is 29.1 Å². The topological polar surface area (TPSA) is 52.0 Å². The SMILES string of the molecule is Nc1ccccc1C(N)(F)C(F)(F)C(F)(F)F. The molecule has 17 heavy (non-hydrogen) atoms. The minimum atomic E-state index is -6.11. The second-order valence-corrected chi connectivity index (χ2v) is 3.37. The van der Waals surface area contributed by atoms with Crippen molar-refractivity contribution in [2.75, 3.05) is 5.73 Å². The van der Waals surface area contributed by atoms with Crippen molar-refractivity contribution in [1.82, 2.24) is 0 Å². The van der Waals surface area contributed by atoms with Gasteiger partial charge in [-0.25, -0.2) is 4.39 Å². The molecule has 0 aliphatic heterocycles. The molecule has 0 aromatic heterocycles. The van der Waals surface area contributed by atoms with Crippen LogP contribution in [0.4, 0.5) is 32.0 Å². The highest BCUT2D eigenvalue weighted by molar-refractivity contribution is 5.50. The maximum atomic E-state index is 13.6. The minimum absolute atomic E-state index is 0.582. The molecule has 0 heterocycles. The van der Waals surface area contributed by atoms with Gasteiger partial charge in [-0.2, -0.15) is 22.0 Å². The summed E-state index contributed by atoms with van der Waals surface area (Å²) in [5, 5.41) is 0. The fourth-order valence-electron chi connectivity index (χ4n) is 1.20. The Morgan fingerprint density at radius 3 is 1.76 bits per heavy atom. The van der Waals surface area contributed by atoms with Crippen LogP contribution in [0.1, 0.15) is 5.56 Å². The molecule has 1 aromatic carbocycles. The zero-order chi connectivity index (χ0) is 13.5. The van der Waals surface area contributed by atoms with Gasteiger partial charge >= 0.3 is 12.1 Å². The number of alkyl halides is 6. The highest BCUT2D eigenvalue weighted by atomic mass is 19.4. The monoisotopic (exact) mass is 258 g/mol. The lowest BCUT2D eigenvalue weighted by atomic mass is 9.96. The molecule has 0 saturated carbocycles. The number of para-hydroxylation sites is 1. The zero-order valence-corrected chi connectivity index (χ0v) is 8.23. The molecule has 0 aliphatic rings. The second kappa shape index (κ2) is 3.80. The third-order valence-electron chi connectivity index (χ3n) is 2.17. The number of halogens is 6. The Balaban J connectivity index is 3.34. The van der Waals surface area contributed by atoms with Crippen molar-refractivity contribution in [3.8, 4) is 0 Å². The van der Waals surface area contributed by atoms with Crippen LogP contribution in [0, 0.1) is 0 Å². The Morgan fingerprint density at radius 1 is 0.882 bits per heavy atom. The number of nitrogens with two attached hydrogens (primary N) is 2. The molecule has 0 spiro atoms. The number of hydrogen-bond acceptors (Lipinski definition) is 2. The number of nitrogen functional groups attached to an aromatic ring is 1. The summed E-state index contributed by atoms with van der Waals surface area (Å²) in [7, 11) is 0. The van der Waals surface area contributed by atoms with Crippen LogP contribution in [0.3, 0.4) is 0 Å². The summed E-state index contributed by atoms with van der Waals surface area (Å²) in [6.45, 7) is 0. The quantitative estimate of drug-likeness (QED) is 0.486. The number of hydrogen-bond donors (Lipinski definition) is 2. The predicted octanol–water partition coefficient (Wildman–Crippen LogP) is 2.55. The van der Waals surface area contributed by atoms with Gasteiger partial charge in [-0.15, -0.1) is 0 Å². The van der Waals surface area contributed by atoms with E-state index in [1.165, 1.54) is 6.07 Å². The summed E-state index contributed by atoms with van der Waals surface area (Å²) >= 11 is 0. The van der Waals surface area contributed by atoms with Crippen LogP contribution in [0.25, 0.3) is 0 Å². The average molecular weight is 258 g/mol. The number of anilines is 1. The first-order valence-corrected chi connectivity index (χ1v) is 4.29. The lowest BCUT2D eigenvalue weighted by Crippen LogP contribution is -2.57. The van der Waals surface area contributed by atoms with Gasteiger partial charge in [0.2, 0.25) is 0 Å². The van der Waals surface area contributed by atoms with Crippen LogP contribution in [0.2, 0.25) is 0 Å². The van der Waals surface area contributed by atoms with Gasteiger partial charge in [-0.3, -0.25) is 5.73 Å². The van der Waals surface area contributed by atoms with Crippen molar-refractivity contribution >= 4 is 5.69 Å². The molecule has 0 radical (unpaired) electrons. The largest absolute Gasteiger partial charge is 0.458 e. The predicted molar refractivity (Wildman–Crippen MR) is 48.8 cm³/mol. The summed E-state index contributed by atoms with van der Waals surface area (Å²) < 4.78 is 75.5. The van der Waals surface area contributed by atoms with Crippen molar-refractivity contribution in [2.24, 2.45) is 5.73 Å². The maximum Gasteiger partial charge on any atom is 0.458 e. The van der Waals surface area contributed by atoms with E-state index in [9.17, 15) is 26.3 Å². The molecule has 0 saturated heterocycles. The van der Waals surface area contributed by atoms with Crippen LogP contribution in [-0.4, -0.2) is 12.1 Å². The van der Waals surface area contributed by atoms with Crippen LogP contribution in [0.5, 0.6) is 0 Å². The number of rotatable bonds is 2. The molecule has 8 heteroatoms. The highest BCUT2D eigenvalue weighted by Crippen LogP contribution is 2.48. The number of benzene rings is 1. The Hall–Kier alpha value is -1.44. The molecular weight excluding hydrogens is 250 g/mol. The van der Waals surface area contributed by atoms with Gasteiger partial charge in [0.05, 0.1) is 0 Å². The first-order chi connectivity index (χ1) is 7.52. The molecule has 96 valence electrons. The molecular formula is C9H8F6N2. The van der Waals surface area contributed by atoms with Crippen molar-refractivity contribution in [1.29, 1.82) is 0 Å². The molecule has 4 N–H and O–H groups in total. The third-order valence-corrected chi connectivity index (χ3v) is 2.17. The van der Waals surface area contributed by atoms with Gasteiger partial charge in [0.25, 0.3) is 5.79 Å². The molecule has 1 unspecified atom stereocenters. The maximum absolute atomic E-state index is 13.6. The first kappa shape index (κ1) is 13.6. The van der Waals surface area contributed by atoms with Crippen molar-refractivity contribution in [2.45, 2.75) is 17.9 Å². The lowest BCUT2D eigenvalue weighted by Gasteiger charge is -2.32. The van der Waals surface area contributed by atoms with Gasteiger partial charge in [-0.05, 0) is 6.07 Å². The summed E-state index contributed by atoms with van der Waals surface area (Å²) in [6, 6.07) is 3.96. The van der Waals surface area contributed by atoms with E-state index >= 15 is 0 Å². The van der Waals surface area contributed by atoms with E-state index in [0.29, 0.717) is 6.07 Å².